The average Bonchev–Trinajstić information content (AvgIpc) is 1.90. The molecule has 0 fully saturated rings. The van der Waals surface area contributed by atoms with Gasteiger partial charge in [-0.25, -0.2) is 4.79 Å². The Hall–Kier alpha value is -1.51. The largest absolute Gasteiger partial charge is 0.478 e. The maximum Gasteiger partial charge on any atom is 0.330 e. The minimum atomic E-state index is -0.935. The predicted molar refractivity (Wildman–Crippen MR) is 43.9 cm³/mol. The zero-order valence-corrected chi connectivity index (χ0v) is 6.54. The summed E-state index contributed by atoms with van der Waals surface area (Å²) in [6.45, 7) is 11.1. The van der Waals surface area contributed by atoms with Crippen molar-refractivity contribution < 1.29 is 14.6 Å². The molecule has 0 atom stereocenters. The van der Waals surface area contributed by atoms with Crippen LogP contribution in [0.2, 0.25) is 0 Å². The van der Waals surface area contributed by atoms with Crippen LogP contribution < -0.4 is 0 Å². The van der Waals surface area contributed by atoms with Crippen LogP contribution in [-0.2, 0) is 9.53 Å². The number of ether oxygens (including phenoxy) is 1. The molecule has 0 aromatic carbocycles. The van der Waals surface area contributed by atoms with Gasteiger partial charge in [-0.05, 0) is 6.92 Å². The Balaban J connectivity index is 0. The summed E-state index contributed by atoms with van der Waals surface area (Å²) >= 11 is 0. The molecule has 3 heteroatoms. The first-order valence-electron chi connectivity index (χ1n) is 2.82. The van der Waals surface area contributed by atoms with E-state index >= 15 is 0 Å². The summed E-state index contributed by atoms with van der Waals surface area (Å²) < 4.78 is 4.36. The number of hydrogen-bond acceptors (Lipinski definition) is 2. The van der Waals surface area contributed by atoms with Gasteiger partial charge in [0.2, 0.25) is 0 Å². The number of rotatable bonds is 3. The van der Waals surface area contributed by atoms with Gasteiger partial charge in [0.25, 0.3) is 0 Å². The maximum absolute atomic E-state index is 9.60. The van der Waals surface area contributed by atoms with E-state index in [4.69, 9.17) is 5.11 Å². The molecule has 0 rings (SSSR count). The summed E-state index contributed by atoms with van der Waals surface area (Å²) in [6.07, 6.45) is 2.62. The lowest BCUT2D eigenvalue weighted by Crippen LogP contribution is -1.92. The SMILES string of the molecule is C=C(C)C(=O)O.C=COC=C. The average molecular weight is 156 g/mol. The molecule has 0 spiro atoms. The van der Waals surface area contributed by atoms with E-state index in [0.29, 0.717) is 0 Å². The van der Waals surface area contributed by atoms with Crippen LogP contribution in [0.5, 0.6) is 0 Å². The van der Waals surface area contributed by atoms with Gasteiger partial charge in [0.15, 0.2) is 0 Å². The lowest BCUT2D eigenvalue weighted by atomic mass is 10.4. The minimum absolute atomic E-state index is 0.176. The van der Waals surface area contributed by atoms with Crippen molar-refractivity contribution in [3.63, 3.8) is 0 Å². The van der Waals surface area contributed by atoms with Crippen LogP contribution in [0.1, 0.15) is 6.92 Å². The van der Waals surface area contributed by atoms with E-state index in [1.54, 1.807) is 0 Å². The molecule has 62 valence electrons. The van der Waals surface area contributed by atoms with Crippen molar-refractivity contribution >= 4 is 5.97 Å². The summed E-state index contributed by atoms with van der Waals surface area (Å²) in [5.41, 5.74) is 0.176. The molecule has 0 aliphatic carbocycles. The highest BCUT2D eigenvalue weighted by molar-refractivity contribution is 5.84. The molecule has 1 N–H and O–H groups in total. The number of carboxylic acids is 1. The van der Waals surface area contributed by atoms with E-state index in [0.717, 1.165) is 0 Å². The van der Waals surface area contributed by atoms with E-state index in [-0.39, 0.29) is 5.57 Å². The number of carboxylic acid groups (broad SMARTS) is 1. The second-order valence-corrected chi connectivity index (χ2v) is 1.55. The molecule has 3 nitrogen and oxygen atoms in total. The molecule has 0 aromatic heterocycles. The van der Waals surface area contributed by atoms with Gasteiger partial charge in [-0.2, -0.15) is 0 Å². The predicted octanol–water partition coefficient (Wildman–Crippen LogP) is 1.94. The quantitative estimate of drug-likeness (QED) is 0.501. The summed E-state index contributed by atoms with van der Waals surface area (Å²) in [4.78, 5) is 9.60. The summed E-state index contributed by atoms with van der Waals surface area (Å²) in [7, 11) is 0. The molecule has 0 radical (unpaired) electrons. The summed E-state index contributed by atoms with van der Waals surface area (Å²) in [5, 5.41) is 7.89. The van der Waals surface area contributed by atoms with Crippen molar-refractivity contribution in [2.24, 2.45) is 0 Å². The number of hydrogen-bond donors (Lipinski definition) is 1. The minimum Gasteiger partial charge on any atom is -0.478 e. The molecular weight excluding hydrogens is 144 g/mol. The fraction of sp³-hybridized carbons (Fsp3) is 0.125. The van der Waals surface area contributed by atoms with Crippen LogP contribution >= 0.6 is 0 Å². The van der Waals surface area contributed by atoms with E-state index < -0.39 is 5.97 Å². The molecular formula is C8H12O3. The number of aliphatic carboxylic acids is 1. The van der Waals surface area contributed by atoms with Crippen molar-refractivity contribution in [1.29, 1.82) is 0 Å². The van der Waals surface area contributed by atoms with E-state index in [1.807, 2.05) is 0 Å². The summed E-state index contributed by atoms with van der Waals surface area (Å²) in [5.74, 6) is -0.935. The first-order valence-corrected chi connectivity index (χ1v) is 2.82. The van der Waals surface area contributed by atoms with E-state index in [9.17, 15) is 4.79 Å². The highest BCUT2D eigenvalue weighted by Gasteiger charge is 1.90. The monoisotopic (exact) mass is 156 g/mol. The fourth-order valence-electron chi connectivity index (χ4n) is 0.0680. The fourth-order valence-corrected chi connectivity index (χ4v) is 0.0680. The molecule has 11 heavy (non-hydrogen) atoms. The topological polar surface area (TPSA) is 46.5 Å². The molecule has 0 heterocycles. The Morgan fingerprint density at radius 1 is 1.45 bits per heavy atom. The molecule has 0 aromatic rings. The third-order valence-electron chi connectivity index (χ3n) is 0.558. The van der Waals surface area contributed by atoms with Crippen molar-refractivity contribution in [3.05, 3.63) is 37.8 Å². The van der Waals surface area contributed by atoms with Crippen LogP contribution in [0.4, 0.5) is 0 Å². The molecule has 0 saturated carbocycles. The molecule has 0 amide bonds. The Morgan fingerprint density at radius 2 is 1.73 bits per heavy atom. The summed E-state index contributed by atoms with van der Waals surface area (Å²) in [6, 6.07) is 0. The van der Waals surface area contributed by atoms with Gasteiger partial charge in [0, 0.05) is 5.57 Å². The first kappa shape index (κ1) is 12.2. The molecule has 0 bridgehead atoms. The van der Waals surface area contributed by atoms with Gasteiger partial charge in [0.05, 0.1) is 12.5 Å². The van der Waals surface area contributed by atoms with Gasteiger partial charge >= 0.3 is 5.97 Å². The van der Waals surface area contributed by atoms with Gasteiger partial charge in [0.1, 0.15) is 0 Å². The zero-order valence-electron chi connectivity index (χ0n) is 6.54. The number of carbonyl (C=O) groups is 1. The van der Waals surface area contributed by atoms with Gasteiger partial charge in [-0.3, -0.25) is 0 Å². The van der Waals surface area contributed by atoms with Crippen molar-refractivity contribution in [3.8, 4) is 0 Å². The van der Waals surface area contributed by atoms with E-state index in [1.165, 1.54) is 19.4 Å². The second kappa shape index (κ2) is 8.49. The van der Waals surface area contributed by atoms with Crippen molar-refractivity contribution in [2.45, 2.75) is 6.92 Å². The van der Waals surface area contributed by atoms with Crippen LogP contribution in [0.15, 0.2) is 37.8 Å². The molecule has 0 saturated heterocycles. The maximum atomic E-state index is 9.60. The molecule has 0 aliphatic rings. The standard InChI is InChI=1S/C4H6O2.C4H6O/c1-3(2)4(5)6;1-3-5-4-2/h1H2,2H3,(H,5,6);3-4H,1-2H2. The smallest absolute Gasteiger partial charge is 0.330 e. The third-order valence-corrected chi connectivity index (χ3v) is 0.558. The van der Waals surface area contributed by atoms with Crippen LogP contribution in [0, 0.1) is 0 Å². The van der Waals surface area contributed by atoms with Gasteiger partial charge < -0.3 is 9.84 Å². The van der Waals surface area contributed by atoms with Gasteiger partial charge in [-0.15, -0.1) is 0 Å². The highest BCUT2D eigenvalue weighted by Crippen LogP contribution is 1.81. The highest BCUT2D eigenvalue weighted by atomic mass is 16.5. The Kier molecular flexibility index (Phi) is 9.41. The lowest BCUT2D eigenvalue weighted by molar-refractivity contribution is -0.132. The van der Waals surface area contributed by atoms with Gasteiger partial charge in [-0.1, -0.05) is 19.7 Å². The third kappa shape index (κ3) is 17.7. The first-order chi connectivity index (χ1) is 5.06. The Morgan fingerprint density at radius 3 is 1.73 bits per heavy atom. The second-order valence-electron chi connectivity index (χ2n) is 1.55. The van der Waals surface area contributed by atoms with Crippen molar-refractivity contribution in [2.75, 3.05) is 0 Å². The van der Waals surface area contributed by atoms with Crippen LogP contribution in [-0.4, -0.2) is 11.1 Å². The molecule has 0 unspecified atom stereocenters. The Bertz CT molecular complexity index is 141. The lowest BCUT2D eigenvalue weighted by Gasteiger charge is -1.79. The normalized spacial score (nSPS) is 6.64. The van der Waals surface area contributed by atoms with Crippen molar-refractivity contribution in [1.82, 2.24) is 0 Å². The van der Waals surface area contributed by atoms with Crippen LogP contribution in [0.25, 0.3) is 0 Å². The molecule has 0 aliphatic heterocycles. The zero-order chi connectivity index (χ0) is 9.28. The van der Waals surface area contributed by atoms with Crippen LogP contribution in [0.3, 0.4) is 0 Å². The Labute approximate surface area is 66.3 Å². The van der Waals surface area contributed by atoms with E-state index in [2.05, 4.69) is 24.5 Å².